The summed E-state index contributed by atoms with van der Waals surface area (Å²) in [5.74, 6) is 1.15. The maximum absolute atomic E-state index is 12.5. The van der Waals surface area contributed by atoms with Gasteiger partial charge in [0.25, 0.3) is 11.6 Å². The van der Waals surface area contributed by atoms with Gasteiger partial charge in [-0.2, -0.15) is 13.7 Å². The van der Waals surface area contributed by atoms with E-state index in [0.717, 1.165) is 49.3 Å². The van der Waals surface area contributed by atoms with Gasteiger partial charge in [0.1, 0.15) is 11.4 Å². The van der Waals surface area contributed by atoms with Crippen LogP contribution in [0.1, 0.15) is 31.2 Å². The van der Waals surface area contributed by atoms with Crippen molar-refractivity contribution >= 4 is 23.1 Å². The fourth-order valence-electron chi connectivity index (χ4n) is 4.10. The Morgan fingerprint density at radius 3 is 2.38 bits per heavy atom. The van der Waals surface area contributed by atoms with Gasteiger partial charge in [0.15, 0.2) is 6.54 Å². The molecule has 0 radical (unpaired) electrons. The normalized spacial score (nSPS) is 21.6. The molecule has 29 heavy (non-hydrogen) atoms. The summed E-state index contributed by atoms with van der Waals surface area (Å²) in [5.41, 5.74) is 0.214. The number of alkyl halides is 2. The van der Waals surface area contributed by atoms with Crippen molar-refractivity contribution in [3.05, 3.63) is 59.1 Å². The molecular formula is C21H22BrClF2N2O2. The third-order valence-electron chi connectivity index (χ3n) is 5.36. The van der Waals surface area contributed by atoms with Crippen molar-refractivity contribution < 1.29 is 40.2 Å². The fraction of sp³-hybridized carbons (Fsp3) is 0.381. The van der Waals surface area contributed by atoms with Gasteiger partial charge in [0, 0.05) is 17.0 Å². The van der Waals surface area contributed by atoms with Crippen molar-refractivity contribution in [2.45, 2.75) is 38.0 Å². The van der Waals surface area contributed by atoms with Crippen LogP contribution in [0.2, 0.25) is 5.02 Å². The molecule has 2 aromatic rings. The van der Waals surface area contributed by atoms with Gasteiger partial charge in [-0.05, 0) is 55.7 Å². The second kappa shape index (κ2) is 8.98. The van der Waals surface area contributed by atoms with Crippen LogP contribution < -0.4 is 26.6 Å². The number of hydrogen-bond donors (Lipinski definition) is 1. The van der Waals surface area contributed by atoms with Crippen molar-refractivity contribution in [3.8, 4) is 5.75 Å². The molecule has 1 N–H and O–H groups in total. The minimum Gasteiger partial charge on any atom is -1.00 e. The molecule has 0 aliphatic carbocycles. The van der Waals surface area contributed by atoms with Crippen LogP contribution in [0.15, 0.2) is 48.5 Å². The molecule has 156 valence electrons. The first kappa shape index (κ1) is 22.0. The highest BCUT2D eigenvalue weighted by Gasteiger charge is 2.54. The zero-order chi connectivity index (χ0) is 19.7. The predicted molar refractivity (Wildman–Crippen MR) is 104 cm³/mol. The number of aliphatic hydroxyl groups is 1. The number of hydrogen-bond acceptors (Lipinski definition) is 3. The lowest BCUT2D eigenvalue weighted by Crippen LogP contribution is -3.00. The van der Waals surface area contributed by atoms with Crippen LogP contribution in [-0.4, -0.2) is 35.2 Å². The SMILES string of the molecule is OC1(c2ccc(Cl)cc2)C[N+]2=C(CCCCC2)N1c1ccc(OC(F)F)cc1.[Br-]. The van der Waals surface area contributed by atoms with Crippen LogP contribution in [0.4, 0.5) is 14.5 Å². The second-order valence-corrected chi connectivity index (χ2v) is 7.62. The summed E-state index contributed by atoms with van der Waals surface area (Å²) >= 11 is 6.03. The van der Waals surface area contributed by atoms with E-state index in [1.807, 2.05) is 17.0 Å². The summed E-state index contributed by atoms with van der Waals surface area (Å²) < 4.78 is 31.6. The van der Waals surface area contributed by atoms with Crippen molar-refractivity contribution in [1.29, 1.82) is 0 Å². The lowest BCUT2D eigenvalue weighted by molar-refractivity contribution is -0.534. The standard InChI is InChI=1S/C21H22ClF2N2O2.BrH/c22-16-7-5-15(6-8-16)21(27)14-25-13-3-1-2-4-19(25)26(21)17-9-11-18(12-10-17)28-20(23)24;/h5-12,20,27H,1-4,13-14H2;1H/q+1;/p-1. The topological polar surface area (TPSA) is 35.7 Å². The van der Waals surface area contributed by atoms with Crippen LogP contribution in [-0.2, 0) is 5.72 Å². The Balaban J connectivity index is 0.00000240. The molecule has 1 atom stereocenters. The maximum atomic E-state index is 12.5. The van der Waals surface area contributed by atoms with Gasteiger partial charge >= 0.3 is 6.61 Å². The summed E-state index contributed by atoms with van der Waals surface area (Å²) in [4.78, 5) is 1.92. The van der Waals surface area contributed by atoms with Crippen molar-refractivity contribution in [2.75, 3.05) is 18.0 Å². The van der Waals surface area contributed by atoms with Gasteiger partial charge in [0.05, 0.1) is 6.54 Å². The minimum absolute atomic E-state index is 0. The first-order valence-corrected chi connectivity index (χ1v) is 9.79. The molecule has 0 fully saturated rings. The Morgan fingerprint density at radius 2 is 1.72 bits per heavy atom. The van der Waals surface area contributed by atoms with Crippen LogP contribution in [0.3, 0.4) is 0 Å². The van der Waals surface area contributed by atoms with Gasteiger partial charge < -0.3 is 26.8 Å². The minimum atomic E-state index is -2.87. The Kier molecular flexibility index (Phi) is 6.81. The van der Waals surface area contributed by atoms with Crippen molar-refractivity contribution in [1.82, 2.24) is 0 Å². The molecule has 8 heteroatoms. The summed E-state index contributed by atoms with van der Waals surface area (Å²) in [6.45, 7) is -1.54. The quantitative estimate of drug-likeness (QED) is 0.666. The highest BCUT2D eigenvalue weighted by molar-refractivity contribution is 6.30. The van der Waals surface area contributed by atoms with E-state index in [1.165, 1.54) is 12.1 Å². The lowest BCUT2D eigenvalue weighted by atomic mass is 10.00. The molecule has 4 rings (SSSR count). The molecule has 0 saturated carbocycles. The number of benzene rings is 2. The van der Waals surface area contributed by atoms with E-state index < -0.39 is 12.3 Å². The van der Waals surface area contributed by atoms with Gasteiger partial charge in [-0.3, -0.25) is 4.58 Å². The Morgan fingerprint density at radius 1 is 1.03 bits per heavy atom. The van der Waals surface area contributed by atoms with E-state index in [4.69, 9.17) is 11.6 Å². The third-order valence-corrected chi connectivity index (χ3v) is 5.61. The summed E-state index contributed by atoms with van der Waals surface area (Å²) in [6.07, 6.45) is 4.13. The molecule has 2 aliphatic rings. The second-order valence-electron chi connectivity index (χ2n) is 7.18. The van der Waals surface area contributed by atoms with Gasteiger partial charge in [0.2, 0.25) is 0 Å². The molecule has 0 bridgehead atoms. The molecule has 2 heterocycles. The zero-order valence-corrected chi connectivity index (χ0v) is 18.0. The van der Waals surface area contributed by atoms with Crippen molar-refractivity contribution in [3.63, 3.8) is 0 Å². The van der Waals surface area contributed by atoms with Gasteiger partial charge in [-0.25, -0.2) is 0 Å². The molecule has 1 unspecified atom stereocenters. The van der Waals surface area contributed by atoms with Gasteiger partial charge in [-0.15, -0.1) is 0 Å². The van der Waals surface area contributed by atoms with Crippen LogP contribution >= 0.6 is 11.6 Å². The molecule has 2 aromatic carbocycles. The van der Waals surface area contributed by atoms with E-state index in [1.54, 1.807) is 24.3 Å². The summed E-state index contributed by atoms with van der Waals surface area (Å²) in [7, 11) is 0. The average molecular weight is 488 g/mol. The number of rotatable bonds is 4. The highest BCUT2D eigenvalue weighted by Crippen LogP contribution is 2.38. The summed E-state index contributed by atoms with van der Waals surface area (Å²) in [6, 6.07) is 13.6. The predicted octanol–water partition coefficient (Wildman–Crippen LogP) is 1.60. The summed E-state index contributed by atoms with van der Waals surface area (Å²) in [5, 5.41) is 12.4. The van der Waals surface area contributed by atoms with E-state index in [2.05, 4.69) is 9.31 Å². The van der Waals surface area contributed by atoms with E-state index in [-0.39, 0.29) is 22.7 Å². The maximum Gasteiger partial charge on any atom is 0.387 e. The first-order chi connectivity index (χ1) is 13.5. The number of anilines is 1. The number of ether oxygens (including phenoxy) is 1. The van der Waals surface area contributed by atoms with Crippen LogP contribution in [0.5, 0.6) is 5.75 Å². The monoisotopic (exact) mass is 486 g/mol. The van der Waals surface area contributed by atoms with Crippen LogP contribution in [0.25, 0.3) is 0 Å². The Hall–Kier alpha value is -1.70. The number of amidine groups is 1. The smallest absolute Gasteiger partial charge is 0.387 e. The largest absolute Gasteiger partial charge is 1.00 e. The Labute approximate surface area is 184 Å². The molecule has 4 nitrogen and oxygen atoms in total. The van der Waals surface area contributed by atoms with E-state index in [0.29, 0.717) is 11.6 Å². The lowest BCUT2D eigenvalue weighted by Gasteiger charge is -2.29. The molecule has 0 saturated heterocycles. The third kappa shape index (κ3) is 4.42. The fourth-order valence-corrected chi connectivity index (χ4v) is 4.23. The molecule has 0 spiro atoms. The molecule has 2 aliphatic heterocycles. The Bertz CT molecular complexity index is 877. The first-order valence-electron chi connectivity index (χ1n) is 9.42. The number of nitrogens with zero attached hydrogens (tertiary/aromatic N) is 2. The molecular weight excluding hydrogens is 466 g/mol. The van der Waals surface area contributed by atoms with Crippen LogP contribution in [0, 0.1) is 0 Å². The van der Waals surface area contributed by atoms with Crippen molar-refractivity contribution in [2.24, 2.45) is 0 Å². The van der Waals surface area contributed by atoms with E-state index in [9.17, 15) is 13.9 Å². The average Bonchev–Trinajstić information content (AvgIpc) is 2.79. The van der Waals surface area contributed by atoms with E-state index >= 15 is 0 Å². The molecule has 0 amide bonds. The zero-order valence-electron chi connectivity index (χ0n) is 15.7. The molecule has 0 aromatic heterocycles. The highest BCUT2D eigenvalue weighted by atomic mass is 79.9. The van der Waals surface area contributed by atoms with Gasteiger partial charge in [-0.1, -0.05) is 23.7 Å². The number of halogens is 4.